The fraction of sp³-hybridized carbons (Fsp3) is 0.467. The topological polar surface area (TPSA) is 63.2 Å². The molecule has 1 fully saturated rings. The van der Waals surface area contributed by atoms with Gasteiger partial charge < -0.3 is 0 Å². The third-order valence-electron chi connectivity index (χ3n) is 4.22. The monoisotopic (exact) mass is 355 g/mol. The number of halogens is 1. The lowest BCUT2D eigenvalue weighted by Gasteiger charge is -2.25. The molecule has 0 bridgehead atoms. The molecule has 2 heterocycles. The van der Waals surface area contributed by atoms with Crippen LogP contribution in [0.4, 0.5) is 4.39 Å². The van der Waals surface area contributed by atoms with Gasteiger partial charge in [0.1, 0.15) is 10.8 Å². The normalized spacial score (nSPS) is 22.6. The summed E-state index contributed by atoms with van der Waals surface area (Å²) in [6, 6.07) is 6.66. The summed E-state index contributed by atoms with van der Waals surface area (Å²) >= 11 is 1.12. The lowest BCUT2D eigenvalue weighted by atomic mass is 9.82. The summed E-state index contributed by atoms with van der Waals surface area (Å²) in [4.78, 5) is 2.23. The van der Waals surface area contributed by atoms with E-state index in [1.165, 1.54) is 12.1 Å². The number of rotatable bonds is 4. The SMILES string of the molecule is CC1(c2ccc(F)cc2)CCN(Cc2nnc(S(C)(=O)=O)s2)C1. The van der Waals surface area contributed by atoms with E-state index in [0.717, 1.165) is 42.7 Å². The van der Waals surface area contributed by atoms with Crippen LogP contribution in [-0.4, -0.2) is 42.9 Å². The Morgan fingerprint density at radius 1 is 1.30 bits per heavy atom. The van der Waals surface area contributed by atoms with Gasteiger partial charge in [0.2, 0.25) is 14.2 Å². The molecule has 1 aromatic carbocycles. The fourth-order valence-corrected chi connectivity index (χ4v) is 4.62. The summed E-state index contributed by atoms with van der Waals surface area (Å²) in [5.74, 6) is -0.227. The first-order valence-electron chi connectivity index (χ1n) is 7.27. The highest BCUT2D eigenvalue weighted by molar-refractivity contribution is 7.92. The minimum atomic E-state index is -3.29. The number of hydrogen-bond donors (Lipinski definition) is 0. The van der Waals surface area contributed by atoms with Gasteiger partial charge in [-0.3, -0.25) is 4.90 Å². The second-order valence-corrected chi connectivity index (χ2v) is 9.51. The molecule has 1 unspecified atom stereocenters. The van der Waals surface area contributed by atoms with Crippen LogP contribution in [0.2, 0.25) is 0 Å². The summed E-state index contributed by atoms with van der Waals surface area (Å²) in [6.07, 6.45) is 2.11. The van der Waals surface area contributed by atoms with Gasteiger partial charge in [-0.1, -0.05) is 30.4 Å². The molecule has 5 nitrogen and oxygen atoms in total. The first-order chi connectivity index (χ1) is 10.8. The standard InChI is InChI=1S/C15H18FN3O2S2/c1-15(11-3-5-12(16)6-4-11)7-8-19(10-15)9-13-17-18-14(22-13)23(2,20)21/h3-6H,7-10H2,1-2H3. The Morgan fingerprint density at radius 2 is 2.00 bits per heavy atom. The molecule has 1 aliphatic heterocycles. The second kappa shape index (κ2) is 5.92. The van der Waals surface area contributed by atoms with Crippen molar-refractivity contribution in [3.05, 3.63) is 40.7 Å². The smallest absolute Gasteiger partial charge is 0.232 e. The predicted octanol–water partition coefficient (Wildman–Crippen LogP) is 2.24. The maximum atomic E-state index is 13.1. The van der Waals surface area contributed by atoms with Gasteiger partial charge >= 0.3 is 0 Å². The van der Waals surface area contributed by atoms with Crippen LogP contribution in [0.25, 0.3) is 0 Å². The Morgan fingerprint density at radius 3 is 2.61 bits per heavy atom. The van der Waals surface area contributed by atoms with Gasteiger partial charge in [-0.2, -0.15) is 0 Å². The third-order valence-corrected chi connectivity index (χ3v) is 6.79. The van der Waals surface area contributed by atoms with Gasteiger partial charge in [-0.15, -0.1) is 10.2 Å². The van der Waals surface area contributed by atoms with E-state index in [4.69, 9.17) is 0 Å². The Labute approximate surface area is 139 Å². The Balaban J connectivity index is 1.70. The molecule has 0 saturated carbocycles. The number of likely N-dealkylation sites (tertiary alicyclic amines) is 1. The van der Waals surface area contributed by atoms with Crippen LogP contribution in [0.3, 0.4) is 0 Å². The first-order valence-corrected chi connectivity index (χ1v) is 9.98. The van der Waals surface area contributed by atoms with Crippen molar-refractivity contribution in [2.75, 3.05) is 19.3 Å². The summed E-state index contributed by atoms with van der Waals surface area (Å²) < 4.78 is 36.1. The molecule has 0 aliphatic carbocycles. The van der Waals surface area contributed by atoms with E-state index in [0.29, 0.717) is 11.6 Å². The fourth-order valence-electron chi connectivity index (χ4n) is 2.92. The molecular weight excluding hydrogens is 337 g/mol. The molecular formula is C15H18FN3O2S2. The molecule has 1 aliphatic rings. The highest BCUT2D eigenvalue weighted by Gasteiger charge is 2.35. The van der Waals surface area contributed by atoms with Crippen molar-refractivity contribution in [3.63, 3.8) is 0 Å². The van der Waals surface area contributed by atoms with Crippen molar-refractivity contribution in [1.29, 1.82) is 0 Å². The molecule has 0 radical (unpaired) electrons. The minimum Gasteiger partial charge on any atom is -0.296 e. The summed E-state index contributed by atoms with van der Waals surface area (Å²) in [5.41, 5.74) is 1.09. The lowest BCUT2D eigenvalue weighted by Crippen LogP contribution is -2.28. The van der Waals surface area contributed by atoms with Crippen LogP contribution in [0.1, 0.15) is 23.9 Å². The maximum Gasteiger partial charge on any atom is 0.232 e. The van der Waals surface area contributed by atoms with E-state index in [9.17, 15) is 12.8 Å². The summed E-state index contributed by atoms with van der Waals surface area (Å²) in [5, 5.41) is 8.42. The van der Waals surface area contributed by atoms with Crippen molar-refractivity contribution in [2.24, 2.45) is 0 Å². The lowest BCUT2D eigenvalue weighted by molar-refractivity contribution is 0.307. The van der Waals surface area contributed by atoms with Gasteiger partial charge in [-0.25, -0.2) is 12.8 Å². The molecule has 23 heavy (non-hydrogen) atoms. The van der Waals surface area contributed by atoms with Crippen molar-refractivity contribution in [3.8, 4) is 0 Å². The van der Waals surface area contributed by atoms with Gasteiger partial charge in [0.25, 0.3) is 0 Å². The minimum absolute atomic E-state index is 0.0297. The summed E-state index contributed by atoms with van der Waals surface area (Å²) in [7, 11) is -3.29. The largest absolute Gasteiger partial charge is 0.296 e. The molecule has 1 aromatic heterocycles. The molecule has 8 heteroatoms. The quantitative estimate of drug-likeness (QED) is 0.842. The number of sulfone groups is 1. The van der Waals surface area contributed by atoms with Crippen molar-refractivity contribution in [1.82, 2.24) is 15.1 Å². The van der Waals surface area contributed by atoms with Crippen LogP contribution in [-0.2, 0) is 21.8 Å². The molecule has 124 valence electrons. The molecule has 0 N–H and O–H groups in total. The zero-order chi connectivity index (χ0) is 16.7. The van der Waals surface area contributed by atoms with Gasteiger partial charge in [0.05, 0.1) is 6.54 Å². The van der Waals surface area contributed by atoms with E-state index in [1.807, 2.05) is 12.1 Å². The van der Waals surface area contributed by atoms with Crippen LogP contribution < -0.4 is 0 Å². The number of hydrogen-bond acceptors (Lipinski definition) is 6. The predicted molar refractivity (Wildman–Crippen MR) is 86.7 cm³/mol. The van der Waals surface area contributed by atoms with Crippen LogP contribution in [0.15, 0.2) is 28.6 Å². The zero-order valence-electron chi connectivity index (χ0n) is 13.0. The van der Waals surface area contributed by atoms with Crippen LogP contribution >= 0.6 is 11.3 Å². The zero-order valence-corrected chi connectivity index (χ0v) is 14.6. The average molecular weight is 355 g/mol. The average Bonchev–Trinajstić information content (AvgIpc) is 3.08. The van der Waals surface area contributed by atoms with Gasteiger partial charge in [0, 0.05) is 18.2 Å². The molecule has 0 amide bonds. The Kier molecular flexibility index (Phi) is 4.24. The first kappa shape index (κ1) is 16.5. The summed E-state index contributed by atoms with van der Waals surface area (Å²) in [6.45, 7) is 4.47. The van der Waals surface area contributed by atoms with Gasteiger partial charge in [0.15, 0.2) is 0 Å². The molecule has 1 atom stereocenters. The highest BCUT2D eigenvalue weighted by atomic mass is 32.2. The second-order valence-electron chi connectivity index (χ2n) is 6.26. The van der Waals surface area contributed by atoms with E-state index in [2.05, 4.69) is 22.0 Å². The number of benzene rings is 1. The van der Waals surface area contributed by atoms with Crippen molar-refractivity contribution in [2.45, 2.75) is 29.6 Å². The highest BCUT2D eigenvalue weighted by Crippen LogP contribution is 2.35. The van der Waals surface area contributed by atoms with Crippen LogP contribution in [0, 0.1) is 5.82 Å². The van der Waals surface area contributed by atoms with E-state index in [-0.39, 0.29) is 15.6 Å². The van der Waals surface area contributed by atoms with E-state index >= 15 is 0 Å². The van der Waals surface area contributed by atoms with Crippen LogP contribution in [0.5, 0.6) is 0 Å². The Hall–Kier alpha value is -1.38. The molecule has 1 saturated heterocycles. The van der Waals surface area contributed by atoms with Crippen molar-refractivity contribution < 1.29 is 12.8 Å². The number of nitrogens with zero attached hydrogens (tertiary/aromatic N) is 3. The van der Waals surface area contributed by atoms with E-state index in [1.54, 1.807) is 0 Å². The maximum absolute atomic E-state index is 13.1. The van der Waals surface area contributed by atoms with E-state index < -0.39 is 9.84 Å². The molecule has 0 spiro atoms. The molecule has 2 aromatic rings. The van der Waals surface area contributed by atoms with Gasteiger partial charge in [-0.05, 0) is 30.7 Å². The molecule has 3 rings (SSSR count). The number of aromatic nitrogens is 2. The Bertz CT molecular complexity index is 804. The van der Waals surface area contributed by atoms with Crippen molar-refractivity contribution >= 4 is 21.2 Å². The third kappa shape index (κ3) is 3.59.